The summed E-state index contributed by atoms with van der Waals surface area (Å²) >= 11 is 7.92. The number of barbiturate groups is 1. The maximum absolute atomic E-state index is 13.2. The van der Waals surface area contributed by atoms with Crippen molar-refractivity contribution in [2.24, 2.45) is 0 Å². The van der Waals surface area contributed by atoms with Gasteiger partial charge in [-0.1, -0.05) is 11.6 Å². The Morgan fingerprint density at radius 3 is 2.52 bits per heavy atom. The van der Waals surface area contributed by atoms with Gasteiger partial charge in [0.25, 0.3) is 11.8 Å². The zero-order valence-electron chi connectivity index (χ0n) is 16.6. The minimum Gasteiger partial charge on any atom is -0.506 e. The fourth-order valence-electron chi connectivity index (χ4n) is 2.93. The van der Waals surface area contributed by atoms with Crippen molar-refractivity contribution in [3.05, 3.63) is 50.1 Å². The van der Waals surface area contributed by atoms with Gasteiger partial charge in [0.05, 0.1) is 22.5 Å². The van der Waals surface area contributed by atoms with E-state index in [-0.39, 0.29) is 28.3 Å². The largest absolute Gasteiger partial charge is 0.506 e. The van der Waals surface area contributed by atoms with E-state index >= 15 is 0 Å². The lowest BCUT2D eigenvalue weighted by molar-refractivity contribution is -0.122. The number of nitrogens with zero attached hydrogens (tertiary/aromatic N) is 1. The molecule has 0 aliphatic carbocycles. The first-order valence-corrected chi connectivity index (χ1v) is 10.7. The van der Waals surface area contributed by atoms with Crippen LogP contribution in [-0.4, -0.2) is 36.2 Å². The Morgan fingerprint density at radius 2 is 1.84 bits per heavy atom. The van der Waals surface area contributed by atoms with Crippen molar-refractivity contribution in [1.29, 1.82) is 0 Å². The predicted octanol–water partition coefficient (Wildman–Crippen LogP) is 4.11. The lowest BCUT2D eigenvalue weighted by Gasteiger charge is -2.28. The summed E-state index contributed by atoms with van der Waals surface area (Å²) < 4.78 is 11.5. The van der Waals surface area contributed by atoms with Crippen LogP contribution in [0.2, 0.25) is 5.02 Å². The van der Waals surface area contributed by atoms with E-state index < -0.39 is 17.8 Å². The molecule has 1 heterocycles. The van der Waals surface area contributed by atoms with Gasteiger partial charge in [0.2, 0.25) is 0 Å². The van der Waals surface area contributed by atoms with Crippen LogP contribution in [0, 0.1) is 3.57 Å². The van der Waals surface area contributed by atoms with Crippen molar-refractivity contribution in [2.75, 3.05) is 18.1 Å². The van der Waals surface area contributed by atoms with Crippen LogP contribution in [-0.2, 0) is 9.59 Å². The maximum atomic E-state index is 13.2. The SMILES string of the molecule is CCOc1ccc(OCC)c(N2C(=O)NC(=O)/C(=C\c3cc(Cl)cc(I)c3O)C2=O)c1. The van der Waals surface area contributed by atoms with Crippen LogP contribution in [0.15, 0.2) is 35.9 Å². The second-order valence-electron chi connectivity index (χ2n) is 6.28. The number of anilines is 1. The maximum Gasteiger partial charge on any atom is 0.336 e. The Kier molecular flexibility index (Phi) is 7.06. The lowest BCUT2D eigenvalue weighted by Crippen LogP contribution is -2.54. The van der Waals surface area contributed by atoms with E-state index in [1.165, 1.54) is 24.3 Å². The third kappa shape index (κ3) is 4.77. The molecule has 1 aliphatic rings. The number of ether oxygens (including phenoxy) is 2. The van der Waals surface area contributed by atoms with Crippen LogP contribution in [0.5, 0.6) is 17.2 Å². The van der Waals surface area contributed by atoms with Crippen LogP contribution in [0.25, 0.3) is 6.08 Å². The molecule has 2 aromatic rings. The van der Waals surface area contributed by atoms with Gasteiger partial charge in [-0.05, 0) is 66.8 Å². The highest BCUT2D eigenvalue weighted by molar-refractivity contribution is 14.1. The van der Waals surface area contributed by atoms with Crippen molar-refractivity contribution in [1.82, 2.24) is 5.32 Å². The first-order valence-electron chi connectivity index (χ1n) is 9.25. The molecule has 31 heavy (non-hydrogen) atoms. The molecule has 4 amide bonds. The zero-order valence-corrected chi connectivity index (χ0v) is 19.5. The van der Waals surface area contributed by atoms with Crippen molar-refractivity contribution >= 4 is 63.8 Å². The second-order valence-corrected chi connectivity index (χ2v) is 7.88. The van der Waals surface area contributed by atoms with Gasteiger partial charge in [-0.15, -0.1) is 0 Å². The van der Waals surface area contributed by atoms with Crippen LogP contribution < -0.4 is 19.7 Å². The van der Waals surface area contributed by atoms with E-state index in [1.54, 1.807) is 26.0 Å². The zero-order chi connectivity index (χ0) is 22.7. The van der Waals surface area contributed by atoms with Crippen molar-refractivity contribution < 1.29 is 29.0 Å². The summed E-state index contributed by atoms with van der Waals surface area (Å²) in [6, 6.07) is 6.74. The fraction of sp³-hybridized carbons (Fsp3) is 0.190. The molecule has 1 aliphatic heterocycles. The van der Waals surface area contributed by atoms with Crippen molar-refractivity contribution in [3.63, 3.8) is 0 Å². The molecule has 1 fully saturated rings. The Balaban J connectivity index is 2.11. The number of rotatable bonds is 6. The van der Waals surface area contributed by atoms with Gasteiger partial charge >= 0.3 is 6.03 Å². The summed E-state index contributed by atoms with van der Waals surface area (Å²) in [5.41, 5.74) is -0.0615. The Labute approximate surface area is 196 Å². The normalized spacial score (nSPS) is 15.3. The number of amides is 4. The number of imide groups is 2. The average Bonchev–Trinajstić information content (AvgIpc) is 2.70. The van der Waals surface area contributed by atoms with Gasteiger partial charge in [-0.3, -0.25) is 14.9 Å². The molecular weight excluding hydrogens is 539 g/mol. The fourth-order valence-corrected chi connectivity index (χ4v) is 3.99. The van der Waals surface area contributed by atoms with Gasteiger partial charge in [0.15, 0.2) is 0 Å². The smallest absolute Gasteiger partial charge is 0.336 e. The molecule has 1 saturated heterocycles. The molecular formula is C21H18ClIN2O6. The number of urea groups is 1. The molecule has 162 valence electrons. The molecule has 10 heteroatoms. The molecule has 0 aromatic heterocycles. The number of aromatic hydroxyl groups is 1. The third-order valence-corrected chi connectivity index (χ3v) is 5.28. The summed E-state index contributed by atoms with van der Waals surface area (Å²) in [4.78, 5) is 39.0. The summed E-state index contributed by atoms with van der Waals surface area (Å²) in [7, 11) is 0. The van der Waals surface area contributed by atoms with Gasteiger partial charge in [0.1, 0.15) is 22.8 Å². The molecule has 0 atom stereocenters. The number of halogens is 2. The van der Waals surface area contributed by atoms with Crippen LogP contribution in [0.4, 0.5) is 10.5 Å². The van der Waals surface area contributed by atoms with E-state index in [0.29, 0.717) is 27.6 Å². The number of hydrogen-bond acceptors (Lipinski definition) is 6. The van der Waals surface area contributed by atoms with Crippen LogP contribution >= 0.6 is 34.2 Å². The standard InChI is InChI=1S/C21H18ClIN2O6/c1-3-30-13-5-6-17(31-4-2)16(10-13)25-20(28)14(19(27)24-21(25)29)8-11-7-12(22)9-15(23)18(11)26/h5-10,26H,3-4H2,1-2H3,(H,24,27,29)/b14-8+. The van der Waals surface area contributed by atoms with E-state index in [0.717, 1.165) is 4.90 Å². The Hall–Kier alpha value is -2.79. The number of phenolic OH excluding ortho intramolecular Hbond substituents is 1. The minimum atomic E-state index is -0.924. The number of nitrogens with one attached hydrogen (secondary N) is 1. The molecule has 0 spiro atoms. The predicted molar refractivity (Wildman–Crippen MR) is 124 cm³/mol. The quantitative estimate of drug-likeness (QED) is 0.315. The summed E-state index contributed by atoms with van der Waals surface area (Å²) in [6.45, 7) is 4.23. The van der Waals surface area contributed by atoms with Gasteiger partial charge in [-0.2, -0.15) is 0 Å². The number of hydrogen-bond donors (Lipinski definition) is 2. The topological polar surface area (TPSA) is 105 Å². The molecule has 0 radical (unpaired) electrons. The van der Waals surface area contributed by atoms with Crippen molar-refractivity contribution in [3.8, 4) is 17.2 Å². The second kappa shape index (κ2) is 9.56. The van der Waals surface area contributed by atoms with E-state index in [1.807, 2.05) is 22.6 Å². The summed E-state index contributed by atoms with van der Waals surface area (Å²) in [5, 5.41) is 12.8. The Morgan fingerprint density at radius 1 is 1.13 bits per heavy atom. The molecule has 2 N–H and O–H groups in total. The third-order valence-electron chi connectivity index (χ3n) is 4.24. The summed E-state index contributed by atoms with van der Waals surface area (Å²) in [6.07, 6.45) is 1.19. The first-order chi connectivity index (χ1) is 14.8. The monoisotopic (exact) mass is 556 g/mol. The molecule has 8 nitrogen and oxygen atoms in total. The highest BCUT2D eigenvalue weighted by Gasteiger charge is 2.38. The van der Waals surface area contributed by atoms with E-state index in [4.69, 9.17) is 21.1 Å². The molecule has 0 bridgehead atoms. The molecule has 0 saturated carbocycles. The first kappa shape index (κ1) is 22.9. The number of carbonyl (C=O) groups excluding carboxylic acids is 3. The lowest BCUT2D eigenvalue weighted by atomic mass is 10.1. The van der Waals surface area contributed by atoms with Crippen molar-refractivity contribution in [2.45, 2.75) is 13.8 Å². The number of benzene rings is 2. The van der Waals surface area contributed by atoms with E-state index in [9.17, 15) is 19.5 Å². The number of carbonyl (C=O) groups is 3. The van der Waals surface area contributed by atoms with Crippen LogP contribution in [0.1, 0.15) is 19.4 Å². The Bertz CT molecular complexity index is 1100. The van der Waals surface area contributed by atoms with Crippen LogP contribution in [0.3, 0.4) is 0 Å². The van der Waals surface area contributed by atoms with Gasteiger partial charge < -0.3 is 14.6 Å². The minimum absolute atomic E-state index is 0.124. The van der Waals surface area contributed by atoms with E-state index in [2.05, 4.69) is 5.32 Å². The molecule has 3 rings (SSSR count). The molecule has 0 unspecified atom stereocenters. The highest BCUT2D eigenvalue weighted by atomic mass is 127. The number of phenols is 1. The molecule has 2 aromatic carbocycles. The van der Waals surface area contributed by atoms with Gasteiger partial charge in [0, 0.05) is 16.7 Å². The summed E-state index contributed by atoms with van der Waals surface area (Å²) in [5.74, 6) is -1.22. The average molecular weight is 557 g/mol. The highest BCUT2D eigenvalue weighted by Crippen LogP contribution is 2.36. The van der Waals surface area contributed by atoms with Gasteiger partial charge in [-0.25, -0.2) is 9.69 Å².